The van der Waals surface area contributed by atoms with Crippen molar-refractivity contribution >= 4 is 5.97 Å². The lowest BCUT2D eigenvalue weighted by atomic mass is 9.78. The molecule has 2 aliphatic heterocycles. The Labute approximate surface area is 105 Å². The summed E-state index contributed by atoms with van der Waals surface area (Å²) in [6.45, 7) is 1.77. The summed E-state index contributed by atoms with van der Waals surface area (Å²) in [6.07, 6.45) is 0. The fraction of sp³-hybridized carbons (Fsp3) is 0.462. The topological polar surface area (TPSA) is 54.0 Å². The normalized spacial score (nSPS) is 19.8. The van der Waals surface area contributed by atoms with Gasteiger partial charge in [0.2, 0.25) is 0 Å². The van der Waals surface area contributed by atoms with Gasteiger partial charge in [-0.25, -0.2) is 0 Å². The number of carbonyl (C=O) groups excluding carboxylic acids is 1. The van der Waals surface area contributed by atoms with Crippen LogP contribution in [0.15, 0.2) is 18.2 Å². The predicted molar refractivity (Wildman–Crippen MR) is 61.9 cm³/mol. The molecule has 18 heavy (non-hydrogen) atoms. The van der Waals surface area contributed by atoms with Gasteiger partial charge in [-0.05, 0) is 17.7 Å². The Kier molecular flexibility index (Phi) is 2.63. The summed E-state index contributed by atoms with van der Waals surface area (Å²) in [5.74, 6) is 1.12. The molecule has 0 amide bonds. The lowest BCUT2D eigenvalue weighted by Crippen LogP contribution is -2.53. The van der Waals surface area contributed by atoms with Gasteiger partial charge in [-0.3, -0.25) is 4.79 Å². The van der Waals surface area contributed by atoms with Gasteiger partial charge in [0.05, 0.1) is 20.3 Å². The van der Waals surface area contributed by atoms with Crippen LogP contribution in [0.1, 0.15) is 5.56 Å². The molecule has 0 unspecified atom stereocenters. The van der Waals surface area contributed by atoms with Crippen molar-refractivity contribution in [2.45, 2.75) is 5.41 Å². The summed E-state index contributed by atoms with van der Waals surface area (Å²) >= 11 is 0. The molecule has 0 N–H and O–H groups in total. The number of hydrogen-bond acceptors (Lipinski definition) is 5. The molecule has 0 spiro atoms. The standard InChI is InChI=1S/C13H14O5/c1-15-12(14)13(7-16-8-13)9-2-3-10-11(6-9)18-5-4-17-10/h2-3,6H,4-5,7-8H2,1H3. The second-order valence-electron chi connectivity index (χ2n) is 4.42. The van der Waals surface area contributed by atoms with Crippen LogP contribution < -0.4 is 9.47 Å². The van der Waals surface area contributed by atoms with E-state index in [2.05, 4.69) is 0 Å². The first-order chi connectivity index (χ1) is 8.76. The van der Waals surface area contributed by atoms with Crippen molar-refractivity contribution in [1.82, 2.24) is 0 Å². The van der Waals surface area contributed by atoms with Crippen LogP contribution in [-0.2, 0) is 19.7 Å². The Balaban J connectivity index is 1.98. The van der Waals surface area contributed by atoms with Gasteiger partial charge in [-0.2, -0.15) is 0 Å². The van der Waals surface area contributed by atoms with Gasteiger partial charge in [-0.15, -0.1) is 0 Å². The third-order valence-corrected chi connectivity index (χ3v) is 3.37. The zero-order chi connectivity index (χ0) is 12.6. The Hall–Kier alpha value is -1.75. The van der Waals surface area contributed by atoms with Crippen LogP contribution >= 0.6 is 0 Å². The minimum Gasteiger partial charge on any atom is -0.486 e. The number of benzene rings is 1. The monoisotopic (exact) mass is 250 g/mol. The predicted octanol–water partition coefficient (Wildman–Crippen LogP) is 0.899. The molecule has 5 heteroatoms. The average molecular weight is 250 g/mol. The zero-order valence-electron chi connectivity index (χ0n) is 10.1. The van der Waals surface area contributed by atoms with E-state index < -0.39 is 5.41 Å². The van der Waals surface area contributed by atoms with Crippen molar-refractivity contribution in [2.24, 2.45) is 0 Å². The minimum absolute atomic E-state index is 0.273. The molecule has 5 nitrogen and oxygen atoms in total. The molecular formula is C13H14O5. The third-order valence-electron chi connectivity index (χ3n) is 3.37. The number of ether oxygens (including phenoxy) is 4. The highest BCUT2D eigenvalue weighted by Crippen LogP contribution is 2.39. The van der Waals surface area contributed by atoms with E-state index >= 15 is 0 Å². The molecule has 2 aliphatic rings. The van der Waals surface area contributed by atoms with Gasteiger partial charge in [0.15, 0.2) is 11.5 Å². The minimum atomic E-state index is -0.690. The second-order valence-corrected chi connectivity index (χ2v) is 4.42. The fourth-order valence-corrected chi connectivity index (χ4v) is 2.24. The second kappa shape index (κ2) is 4.17. The molecule has 1 saturated heterocycles. The Morgan fingerprint density at radius 1 is 1.22 bits per heavy atom. The third kappa shape index (κ3) is 1.54. The first-order valence-corrected chi connectivity index (χ1v) is 5.82. The highest BCUT2D eigenvalue weighted by molar-refractivity contribution is 5.85. The number of esters is 1. The van der Waals surface area contributed by atoms with Crippen LogP contribution in [0.3, 0.4) is 0 Å². The van der Waals surface area contributed by atoms with Crippen molar-refractivity contribution in [3.05, 3.63) is 23.8 Å². The van der Waals surface area contributed by atoms with Crippen LogP contribution in [0.25, 0.3) is 0 Å². The number of hydrogen-bond donors (Lipinski definition) is 0. The summed E-state index contributed by atoms with van der Waals surface area (Å²) in [5, 5.41) is 0. The molecule has 0 atom stereocenters. The first-order valence-electron chi connectivity index (χ1n) is 5.82. The van der Waals surface area contributed by atoms with E-state index in [4.69, 9.17) is 18.9 Å². The number of carbonyl (C=O) groups is 1. The molecule has 1 fully saturated rings. The smallest absolute Gasteiger partial charge is 0.321 e. The molecule has 0 aliphatic carbocycles. The van der Waals surface area contributed by atoms with Crippen molar-refractivity contribution in [3.8, 4) is 11.5 Å². The molecule has 1 aromatic carbocycles. The van der Waals surface area contributed by atoms with Crippen LogP contribution in [0.4, 0.5) is 0 Å². The SMILES string of the molecule is COC(=O)C1(c2ccc3c(c2)OCCO3)COC1. The summed E-state index contributed by atoms with van der Waals surface area (Å²) in [6, 6.07) is 5.54. The Bertz CT molecular complexity index is 478. The van der Waals surface area contributed by atoms with Crippen LogP contribution in [0.5, 0.6) is 11.5 Å². The van der Waals surface area contributed by atoms with Crippen molar-refractivity contribution < 1.29 is 23.7 Å². The highest BCUT2D eigenvalue weighted by atomic mass is 16.6. The van der Waals surface area contributed by atoms with E-state index in [1.165, 1.54) is 7.11 Å². The maximum Gasteiger partial charge on any atom is 0.321 e. The van der Waals surface area contributed by atoms with Gasteiger partial charge < -0.3 is 18.9 Å². The van der Waals surface area contributed by atoms with Crippen LogP contribution in [-0.4, -0.2) is 39.5 Å². The summed E-state index contributed by atoms with van der Waals surface area (Å²) < 4.78 is 21.0. The highest BCUT2D eigenvalue weighted by Gasteiger charge is 2.49. The molecule has 2 heterocycles. The zero-order valence-corrected chi connectivity index (χ0v) is 10.1. The van der Waals surface area contributed by atoms with E-state index in [0.717, 1.165) is 5.56 Å². The van der Waals surface area contributed by atoms with Crippen LogP contribution in [0.2, 0.25) is 0 Å². The first kappa shape index (κ1) is 11.3. The van der Waals surface area contributed by atoms with Gasteiger partial charge >= 0.3 is 5.97 Å². The van der Waals surface area contributed by atoms with Gasteiger partial charge in [0.25, 0.3) is 0 Å². The van der Waals surface area contributed by atoms with E-state index in [1.807, 2.05) is 18.2 Å². The summed E-state index contributed by atoms with van der Waals surface area (Å²) in [7, 11) is 1.39. The Morgan fingerprint density at radius 2 is 1.94 bits per heavy atom. The maximum absolute atomic E-state index is 11.9. The van der Waals surface area contributed by atoms with Crippen molar-refractivity contribution in [1.29, 1.82) is 0 Å². The number of fused-ring (bicyclic) bond motifs is 1. The lowest BCUT2D eigenvalue weighted by molar-refractivity contribution is -0.166. The van der Waals surface area contributed by atoms with Crippen LogP contribution in [0, 0.1) is 0 Å². The molecule has 0 saturated carbocycles. The van der Waals surface area contributed by atoms with Crippen molar-refractivity contribution in [2.75, 3.05) is 33.5 Å². The molecule has 0 radical (unpaired) electrons. The quantitative estimate of drug-likeness (QED) is 0.730. The van der Waals surface area contributed by atoms with Gasteiger partial charge in [0.1, 0.15) is 18.6 Å². The fourth-order valence-electron chi connectivity index (χ4n) is 2.24. The average Bonchev–Trinajstić information content (AvgIpc) is 2.37. The number of methoxy groups -OCH3 is 1. The van der Waals surface area contributed by atoms with Gasteiger partial charge in [-0.1, -0.05) is 6.07 Å². The van der Waals surface area contributed by atoms with E-state index in [9.17, 15) is 4.79 Å². The van der Waals surface area contributed by atoms with Crippen molar-refractivity contribution in [3.63, 3.8) is 0 Å². The summed E-state index contributed by atoms with van der Waals surface area (Å²) in [4.78, 5) is 11.9. The Morgan fingerprint density at radius 3 is 2.56 bits per heavy atom. The van der Waals surface area contributed by atoms with E-state index in [0.29, 0.717) is 37.9 Å². The molecular weight excluding hydrogens is 236 g/mol. The molecule has 3 rings (SSSR count). The molecule has 0 bridgehead atoms. The number of rotatable bonds is 2. The molecule has 0 aromatic heterocycles. The molecule has 1 aromatic rings. The molecule has 96 valence electrons. The van der Waals surface area contributed by atoms with E-state index in [-0.39, 0.29) is 5.97 Å². The van der Waals surface area contributed by atoms with E-state index in [1.54, 1.807) is 0 Å². The van der Waals surface area contributed by atoms with Gasteiger partial charge in [0, 0.05) is 0 Å². The maximum atomic E-state index is 11.9. The largest absolute Gasteiger partial charge is 0.486 e. The summed E-state index contributed by atoms with van der Waals surface area (Å²) in [5.41, 5.74) is 0.162. The lowest BCUT2D eigenvalue weighted by Gasteiger charge is -2.39.